The molecule has 0 heterocycles. The molecule has 9 heteroatoms. The number of hydrogen-bond donors (Lipinski definition) is 1. The molecule has 1 saturated carbocycles. The fourth-order valence-corrected chi connectivity index (χ4v) is 5.77. The fourth-order valence-electron chi connectivity index (χ4n) is 4.80. The van der Waals surface area contributed by atoms with E-state index in [0.717, 1.165) is 43.1 Å². The first kappa shape index (κ1) is 28.5. The molecule has 1 N–H and O–H groups in total. The number of amides is 2. The number of aryl methyl sites for hydroxylation is 1. The quantitative estimate of drug-likeness (QED) is 0.448. The van der Waals surface area contributed by atoms with Gasteiger partial charge in [0, 0.05) is 25.6 Å². The Balaban J connectivity index is 1.74. The number of sulfonamides is 1. The average molecular weight is 530 g/mol. The van der Waals surface area contributed by atoms with Gasteiger partial charge in [0.2, 0.25) is 21.8 Å². The molecule has 8 nitrogen and oxygen atoms in total. The molecule has 2 aromatic rings. The van der Waals surface area contributed by atoms with Crippen LogP contribution in [0, 0.1) is 6.92 Å². The summed E-state index contributed by atoms with van der Waals surface area (Å²) in [5, 5.41) is 3.11. The summed E-state index contributed by atoms with van der Waals surface area (Å²) >= 11 is 0. The van der Waals surface area contributed by atoms with Gasteiger partial charge in [0.25, 0.3) is 0 Å². The molecular formula is C28H39N3O5S. The number of hydrogen-bond acceptors (Lipinski definition) is 5. The summed E-state index contributed by atoms with van der Waals surface area (Å²) in [5.74, 6) is 0.0984. The third-order valence-electron chi connectivity index (χ3n) is 6.81. The zero-order valence-corrected chi connectivity index (χ0v) is 23.1. The molecule has 0 bridgehead atoms. The Kier molecular flexibility index (Phi) is 9.97. The van der Waals surface area contributed by atoms with Crippen LogP contribution in [0.4, 0.5) is 5.69 Å². The van der Waals surface area contributed by atoms with Crippen molar-refractivity contribution >= 4 is 27.5 Å². The van der Waals surface area contributed by atoms with Crippen LogP contribution in [0.5, 0.6) is 5.75 Å². The van der Waals surface area contributed by atoms with Gasteiger partial charge < -0.3 is 15.0 Å². The Labute approximate surface area is 221 Å². The number of anilines is 1. The molecule has 1 aliphatic rings. The summed E-state index contributed by atoms with van der Waals surface area (Å²) < 4.78 is 31.7. The molecule has 202 valence electrons. The highest BCUT2D eigenvalue weighted by Gasteiger charge is 2.29. The second-order valence-electron chi connectivity index (χ2n) is 9.79. The molecular weight excluding hydrogens is 490 g/mol. The molecule has 1 fully saturated rings. The molecule has 1 aliphatic carbocycles. The minimum atomic E-state index is -3.60. The normalized spacial score (nSPS) is 14.7. The Morgan fingerprint density at radius 1 is 1.11 bits per heavy atom. The van der Waals surface area contributed by atoms with E-state index in [1.165, 1.54) is 11.4 Å². The highest BCUT2D eigenvalue weighted by Crippen LogP contribution is 2.30. The molecule has 0 aromatic heterocycles. The van der Waals surface area contributed by atoms with E-state index in [9.17, 15) is 18.0 Å². The maximum absolute atomic E-state index is 13.5. The van der Waals surface area contributed by atoms with Crippen LogP contribution in [0.15, 0.2) is 48.5 Å². The van der Waals surface area contributed by atoms with Gasteiger partial charge in [0.05, 0.1) is 19.1 Å². The number of nitrogens with zero attached hydrogens (tertiary/aromatic N) is 2. The van der Waals surface area contributed by atoms with Crippen LogP contribution in [0.25, 0.3) is 0 Å². The predicted molar refractivity (Wildman–Crippen MR) is 146 cm³/mol. The topological polar surface area (TPSA) is 96.0 Å². The number of ether oxygens (including phenoxy) is 1. The van der Waals surface area contributed by atoms with Crippen LogP contribution < -0.4 is 14.4 Å². The fraction of sp³-hybridized carbons (Fsp3) is 0.500. The van der Waals surface area contributed by atoms with Crippen molar-refractivity contribution in [3.63, 3.8) is 0 Å². The van der Waals surface area contributed by atoms with E-state index in [1.807, 2.05) is 31.2 Å². The highest BCUT2D eigenvalue weighted by molar-refractivity contribution is 7.92. The molecule has 2 amide bonds. The largest absolute Gasteiger partial charge is 0.495 e. The summed E-state index contributed by atoms with van der Waals surface area (Å²) in [6.07, 6.45) is 5.69. The number of carbonyl (C=O) groups is 2. The molecule has 0 aliphatic heterocycles. The van der Waals surface area contributed by atoms with Gasteiger partial charge in [0.1, 0.15) is 11.8 Å². The van der Waals surface area contributed by atoms with Crippen molar-refractivity contribution < 1.29 is 22.7 Å². The molecule has 1 atom stereocenters. The molecule has 2 aromatic carbocycles. The summed E-state index contributed by atoms with van der Waals surface area (Å²) in [6.45, 7) is 4.17. The molecule has 37 heavy (non-hydrogen) atoms. The van der Waals surface area contributed by atoms with E-state index in [1.54, 1.807) is 36.1 Å². The SMILES string of the molecule is COc1ccccc1N(CCCC(=O)N(Cc1cccc(C)c1)C(C)C(=O)NC1CCCC1)S(C)(=O)=O. The van der Waals surface area contributed by atoms with E-state index in [-0.39, 0.29) is 30.8 Å². The van der Waals surface area contributed by atoms with Crippen LogP contribution in [-0.4, -0.2) is 57.1 Å². The van der Waals surface area contributed by atoms with E-state index in [4.69, 9.17) is 4.74 Å². The number of nitrogens with one attached hydrogen (secondary N) is 1. The van der Waals surface area contributed by atoms with Crippen molar-refractivity contribution in [2.24, 2.45) is 0 Å². The van der Waals surface area contributed by atoms with Crippen molar-refractivity contribution in [3.05, 3.63) is 59.7 Å². The van der Waals surface area contributed by atoms with E-state index in [0.29, 0.717) is 24.4 Å². The lowest BCUT2D eigenvalue weighted by Gasteiger charge is -2.30. The first-order chi connectivity index (χ1) is 17.6. The van der Waals surface area contributed by atoms with Crippen LogP contribution in [0.1, 0.15) is 56.6 Å². The first-order valence-electron chi connectivity index (χ1n) is 12.9. The van der Waals surface area contributed by atoms with Crippen molar-refractivity contribution in [2.45, 2.75) is 71.0 Å². The van der Waals surface area contributed by atoms with E-state index in [2.05, 4.69) is 5.32 Å². The van der Waals surface area contributed by atoms with Crippen molar-refractivity contribution in [2.75, 3.05) is 24.2 Å². The minimum Gasteiger partial charge on any atom is -0.495 e. The summed E-state index contributed by atoms with van der Waals surface area (Å²) in [7, 11) is -2.11. The first-order valence-corrected chi connectivity index (χ1v) is 14.7. The standard InChI is InChI=1S/C28H39N3O5S/c1-21-11-9-12-23(19-21)20-30(22(2)28(33)29-24-13-5-6-14-24)27(32)17-10-18-31(37(4,34)35)25-15-7-8-16-26(25)36-3/h7-9,11-12,15-16,19,22,24H,5-6,10,13-14,17-18,20H2,1-4H3,(H,29,33). The predicted octanol–water partition coefficient (Wildman–Crippen LogP) is 4.03. The second-order valence-corrected chi connectivity index (χ2v) is 11.7. The van der Waals surface area contributed by atoms with E-state index < -0.39 is 16.1 Å². The third kappa shape index (κ3) is 7.95. The summed E-state index contributed by atoms with van der Waals surface area (Å²) in [5.41, 5.74) is 2.45. The van der Waals surface area contributed by atoms with Crippen LogP contribution in [0.3, 0.4) is 0 Å². The Morgan fingerprint density at radius 3 is 2.46 bits per heavy atom. The summed E-state index contributed by atoms with van der Waals surface area (Å²) in [4.78, 5) is 28.1. The Hall–Kier alpha value is -3.07. The van der Waals surface area contributed by atoms with E-state index >= 15 is 0 Å². The van der Waals surface area contributed by atoms with Crippen LogP contribution >= 0.6 is 0 Å². The average Bonchev–Trinajstić information content (AvgIpc) is 3.37. The third-order valence-corrected chi connectivity index (χ3v) is 7.99. The van der Waals surface area contributed by atoms with Gasteiger partial charge in [-0.05, 0) is 50.8 Å². The molecule has 1 unspecified atom stereocenters. The molecule has 0 radical (unpaired) electrons. The number of benzene rings is 2. The highest BCUT2D eigenvalue weighted by atomic mass is 32.2. The Bertz CT molecular complexity index is 1180. The van der Waals surface area contributed by atoms with Crippen molar-refractivity contribution in [1.82, 2.24) is 10.2 Å². The van der Waals surface area contributed by atoms with Gasteiger partial charge in [-0.2, -0.15) is 0 Å². The lowest BCUT2D eigenvalue weighted by Crippen LogP contribution is -2.49. The number of rotatable bonds is 12. The molecule has 0 saturated heterocycles. The lowest BCUT2D eigenvalue weighted by atomic mass is 10.1. The maximum Gasteiger partial charge on any atom is 0.242 e. The number of para-hydroxylation sites is 2. The zero-order chi connectivity index (χ0) is 27.0. The van der Waals surface area contributed by atoms with Gasteiger partial charge in [0.15, 0.2) is 0 Å². The van der Waals surface area contributed by atoms with Gasteiger partial charge >= 0.3 is 0 Å². The van der Waals surface area contributed by atoms with Gasteiger partial charge in [-0.1, -0.05) is 54.8 Å². The second kappa shape index (κ2) is 12.9. The van der Waals surface area contributed by atoms with Gasteiger partial charge in [-0.25, -0.2) is 8.42 Å². The Morgan fingerprint density at radius 2 is 1.81 bits per heavy atom. The monoisotopic (exact) mass is 529 g/mol. The summed E-state index contributed by atoms with van der Waals surface area (Å²) in [6, 6.07) is 14.3. The van der Waals surface area contributed by atoms with Gasteiger partial charge in [-0.15, -0.1) is 0 Å². The lowest BCUT2D eigenvalue weighted by molar-refractivity contribution is -0.141. The number of carbonyl (C=O) groups excluding carboxylic acids is 2. The smallest absolute Gasteiger partial charge is 0.242 e. The van der Waals surface area contributed by atoms with Crippen LogP contribution in [0.2, 0.25) is 0 Å². The maximum atomic E-state index is 13.5. The van der Waals surface area contributed by atoms with Crippen LogP contribution in [-0.2, 0) is 26.2 Å². The molecule has 3 rings (SSSR count). The van der Waals surface area contributed by atoms with Crippen molar-refractivity contribution in [3.8, 4) is 5.75 Å². The van der Waals surface area contributed by atoms with Gasteiger partial charge in [-0.3, -0.25) is 13.9 Å². The minimum absolute atomic E-state index is 0.105. The molecule has 0 spiro atoms. The zero-order valence-electron chi connectivity index (χ0n) is 22.3. The van der Waals surface area contributed by atoms with Crippen molar-refractivity contribution in [1.29, 1.82) is 0 Å². The number of methoxy groups -OCH3 is 1.